The maximum atomic E-state index is 13.0. The first-order valence-corrected chi connectivity index (χ1v) is 11.3. The van der Waals surface area contributed by atoms with Gasteiger partial charge in [0.2, 0.25) is 15.9 Å². The van der Waals surface area contributed by atoms with Crippen molar-refractivity contribution in [1.29, 1.82) is 0 Å². The molecule has 6 heteroatoms. The summed E-state index contributed by atoms with van der Waals surface area (Å²) in [6, 6.07) is 5.57. The minimum absolute atomic E-state index is 0.213. The first-order valence-electron chi connectivity index (χ1n) is 9.81. The predicted octanol–water partition coefficient (Wildman–Crippen LogP) is 2.59. The molecule has 1 amide bonds. The number of piperazine rings is 1. The zero-order valence-electron chi connectivity index (χ0n) is 15.5. The predicted molar refractivity (Wildman–Crippen MR) is 100 cm³/mol. The van der Waals surface area contributed by atoms with Crippen LogP contribution in [0, 0.1) is 5.41 Å². The third kappa shape index (κ3) is 3.07. The van der Waals surface area contributed by atoms with E-state index in [0.29, 0.717) is 31.1 Å². The maximum absolute atomic E-state index is 13.0. The molecule has 0 atom stereocenters. The van der Waals surface area contributed by atoms with E-state index in [1.165, 1.54) is 11.1 Å². The molecular weight excluding hydrogens is 348 g/mol. The van der Waals surface area contributed by atoms with Gasteiger partial charge in [0.15, 0.2) is 0 Å². The summed E-state index contributed by atoms with van der Waals surface area (Å²) in [5, 5.41) is 0. The Balaban J connectivity index is 1.45. The van der Waals surface area contributed by atoms with E-state index in [1.54, 1.807) is 10.4 Å². The molecule has 1 saturated heterocycles. The molecule has 1 aromatic rings. The minimum atomic E-state index is -3.47. The highest BCUT2D eigenvalue weighted by Gasteiger charge is 2.40. The van der Waals surface area contributed by atoms with Crippen LogP contribution >= 0.6 is 0 Å². The van der Waals surface area contributed by atoms with Crippen LogP contribution < -0.4 is 0 Å². The van der Waals surface area contributed by atoms with E-state index in [2.05, 4.69) is 6.92 Å². The number of sulfonamides is 1. The number of carbonyl (C=O) groups is 1. The summed E-state index contributed by atoms with van der Waals surface area (Å²) in [6.45, 7) is 3.84. The molecule has 1 aliphatic heterocycles. The fourth-order valence-corrected chi connectivity index (χ4v) is 6.21. The molecule has 1 saturated carbocycles. The van der Waals surface area contributed by atoms with Crippen LogP contribution in [-0.2, 0) is 27.7 Å². The van der Waals surface area contributed by atoms with Gasteiger partial charge in [-0.1, -0.05) is 25.8 Å². The molecule has 0 unspecified atom stereocenters. The minimum Gasteiger partial charge on any atom is -0.340 e. The third-order valence-electron chi connectivity index (χ3n) is 6.46. The summed E-state index contributed by atoms with van der Waals surface area (Å²) in [7, 11) is -3.47. The van der Waals surface area contributed by atoms with Crippen LogP contribution in [0.25, 0.3) is 0 Å². The van der Waals surface area contributed by atoms with Crippen molar-refractivity contribution in [1.82, 2.24) is 9.21 Å². The Morgan fingerprint density at radius 2 is 1.62 bits per heavy atom. The summed E-state index contributed by atoms with van der Waals surface area (Å²) in [4.78, 5) is 15.1. The van der Waals surface area contributed by atoms with Crippen LogP contribution in [0.15, 0.2) is 23.1 Å². The fourth-order valence-electron chi connectivity index (χ4n) is 4.74. The average molecular weight is 377 g/mol. The lowest BCUT2D eigenvalue weighted by atomic mass is 9.87. The van der Waals surface area contributed by atoms with Crippen molar-refractivity contribution < 1.29 is 13.2 Å². The van der Waals surface area contributed by atoms with E-state index in [1.807, 2.05) is 17.0 Å². The van der Waals surface area contributed by atoms with Gasteiger partial charge in [0.05, 0.1) is 4.90 Å². The van der Waals surface area contributed by atoms with E-state index in [4.69, 9.17) is 0 Å². The number of nitrogens with zero attached hydrogens (tertiary/aromatic N) is 2. The molecular formula is C20H28N2O3S. The normalized spacial score (nSPS) is 23.2. The fraction of sp³-hybridized carbons (Fsp3) is 0.650. The highest BCUT2D eigenvalue weighted by Crippen LogP contribution is 2.39. The zero-order chi connectivity index (χ0) is 18.4. The molecule has 0 radical (unpaired) electrons. The van der Waals surface area contributed by atoms with Gasteiger partial charge in [-0.05, 0) is 55.4 Å². The second-order valence-electron chi connectivity index (χ2n) is 8.25. The molecule has 2 aliphatic carbocycles. The van der Waals surface area contributed by atoms with Crippen molar-refractivity contribution in [3.8, 4) is 0 Å². The lowest BCUT2D eigenvalue weighted by Gasteiger charge is -2.38. The van der Waals surface area contributed by atoms with Crippen molar-refractivity contribution >= 4 is 15.9 Å². The van der Waals surface area contributed by atoms with Gasteiger partial charge >= 0.3 is 0 Å². The molecule has 5 nitrogen and oxygen atoms in total. The number of amides is 1. The molecule has 142 valence electrons. The van der Waals surface area contributed by atoms with Crippen LogP contribution in [0.3, 0.4) is 0 Å². The highest BCUT2D eigenvalue weighted by molar-refractivity contribution is 7.89. The first kappa shape index (κ1) is 18.0. The molecule has 4 rings (SSSR count). The Kier molecular flexibility index (Phi) is 4.59. The topological polar surface area (TPSA) is 57.7 Å². The second-order valence-corrected chi connectivity index (χ2v) is 10.2. The maximum Gasteiger partial charge on any atom is 0.243 e. The van der Waals surface area contributed by atoms with E-state index >= 15 is 0 Å². The van der Waals surface area contributed by atoms with Crippen molar-refractivity contribution in [2.75, 3.05) is 26.2 Å². The average Bonchev–Trinajstić information content (AvgIpc) is 3.30. The van der Waals surface area contributed by atoms with Gasteiger partial charge in [0, 0.05) is 31.6 Å². The molecule has 26 heavy (non-hydrogen) atoms. The van der Waals surface area contributed by atoms with E-state index in [-0.39, 0.29) is 11.3 Å². The Morgan fingerprint density at radius 1 is 0.962 bits per heavy atom. The van der Waals surface area contributed by atoms with Gasteiger partial charge in [-0.15, -0.1) is 0 Å². The van der Waals surface area contributed by atoms with Crippen LogP contribution in [0.2, 0.25) is 0 Å². The van der Waals surface area contributed by atoms with Crippen molar-refractivity contribution in [3.63, 3.8) is 0 Å². The van der Waals surface area contributed by atoms with Gasteiger partial charge in [-0.25, -0.2) is 8.42 Å². The Morgan fingerprint density at radius 3 is 2.31 bits per heavy atom. The van der Waals surface area contributed by atoms with Gasteiger partial charge in [0.25, 0.3) is 0 Å². The lowest BCUT2D eigenvalue weighted by Crippen LogP contribution is -2.53. The van der Waals surface area contributed by atoms with Gasteiger partial charge in [-0.3, -0.25) is 4.79 Å². The van der Waals surface area contributed by atoms with Crippen molar-refractivity contribution in [3.05, 3.63) is 29.3 Å². The van der Waals surface area contributed by atoms with Crippen molar-refractivity contribution in [2.45, 2.75) is 56.8 Å². The first-order chi connectivity index (χ1) is 12.4. The summed E-state index contributed by atoms with van der Waals surface area (Å²) >= 11 is 0. The Bertz CT molecular complexity index is 804. The zero-order valence-corrected chi connectivity index (χ0v) is 16.4. The Labute approximate surface area is 156 Å². The van der Waals surface area contributed by atoms with Gasteiger partial charge in [0.1, 0.15) is 0 Å². The standard InChI is InChI=1S/C20H28N2O3S/c1-20(9-2-3-10-20)19(23)21-11-13-22(14-12-21)26(24,25)18-8-7-16-5-4-6-17(16)15-18/h7-8,15H,2-6,9-14H2,1H3. The van der Waals surface area contributed by atoms with E-state index < -0.39 is 10.0 Å². The lowest BCUT2D eigenvalue weighted by molar-refractivity contribution is -0.142. The molecule has 2 fully saturated rings. The molecule has 1 heterocycles. The number of aryl methyl sites for hydroxylation is 2. The quantitative estimate of drug-likeness (QED) is 0.815. The number of fused-ring (bicyclic) bond motifs is 1. The van der Waals surface area contributed by atoms with Crippen LogP contribution in [0.1, 0.15) is 50.2 Å². The summed E-state index contributed by atoms with van der Waals surface area (Å²) in [5.74, 6) is 0.213. The van der Waals surface area contributed by atoms with Crippen LogP contribution in [-0.4, -0.2) is 49.7 Å². The number of rotatable bonds is 3. The van der Waals surface area contributed by atoms with Crippen LogP contribution in [0.5, 0.6) is 0 Å². The summed E-state index contributed by atoms with van der Waals surface area (Å²) in [6.07, 6.45) is 7.29. The van der Waals surface area contributed by atoms with E-state index in [0.717, 1.165) is 44.9 Å². The SMILES string of the molecule is CC1(C(=O)N2CCN(S(=O)(=O)c3ccc4c(c3)CCC4)CC2)CCCC1. The number of hydrogen-bond donors (Lipinski definition) is 0. The summed E-state index contributed by atoms with van der Waals surface area (Å²) in [5.41, 5.74) is 2.22. The van der Waals surface area contributed by atoms with E-state index in [9.17, 15) is 13.2 Å². The number of benzene rings is 1. The van der Waals surface area contributed by atoms with Crippen molar-refractivity contribution in [2.24, 2.45) is 5.41 Å². The molecule has 0 aromatic heterocycles. The van der Waals surface area contributed by atoms with Gasteiger partial charge < -0.3 is 4.90 Å². The third-order valence-corrected chi connectivity index (χ3v) is 8.35. The Hall–Kier alpha value is -1.40. The molecule has 0 N–H and O–H groups in total. The molecule has 0 spiro atoms. The van der Waals surface area contributed by atoms with Gasteiger partial charge in [-0.2, -0.15) is 4.31 Å². The summed E-state index contributed by atoms with van der Waals surface area (Å²) < 4.78 is 27.6. The largest absolute Gasteiger partial charge is 0.340 e. The molecule has 0 bridgehead atoms. The number of carbonyl (C=O) groups excluding carboxylic acids is 1. The van der Waals surface area contributed by atoms with Crippen LogP contribution in [0.4, 0.5) is 0 Å². The smallest absolute Gasteiger partial charge is 0.243 e. The second kappa shape index (κ2) is 6.64. The molecule has 3 aliphatic rings. The molecule has 1 aromatic carbocycles. The monoisotopic (exact) mass is 376 g/mol. The number of hydrogen-bond acceptors (Lipinski definition) is 3. The highest BCUT2D eigenvalue weighted by atomic mass is 32.2.